The van der Waals surface area contributed by atoms with Gasteiger partial charge in [-0.2, -0.15) is 0 Å². The smallest absolute Gasteiger partial charge is 0.124 e. The standard InChI is InChI=1S/C10H16N2O/c1-3-13-10-7-5-4-6-9(10)8(2)12-11/h4-8,12H,3,11H2,1-2H3/t8-/m0/s1. The fourth-order valence-corrected chi connectivity index (χ4v) is 1.21. The van der Waals surface area contributed by atoms with E-state index in [1.54, 1.807) is 0 Å². The Labute approximate surface area is 78.9 Å². The van der Waals surface area contributed by atoms with Gasteiger partial charge in [-0.3, -0.25) is 11.3 Å². The molecule has 1 atom stereocenters. The van der Waals surface area contributed by atoms with Crippen LogP contribution in [0.25, 0.3) is 0 Å². The van der Waals surface area contributed by atoms with Gasteiger partial charge in [-0.25, -0.2) is 0 Å². The van der Waals surface area contributed by atoms with Crippen molar-refractivity contribution in [3.8, 4) is 5.75 Å². The van der Waals surface area contributed by atoms with Gasteiger partial charge in [-0.15, -0.1) is 0 Å². The van der Waals surface area contributed by atoms with Gasteiger partial charge in [0, 0.05) is 11.6 Å². The summed E-state index contributed by atoms with van der Waals surface area (Å²) in [4.78, 5) is 0. The van der Waals surface area contributed by atoms with Crippen LogP contribution in [-0.4, -0.2) is 6.61 Å². The molecule has 1 aromatic carbocycles. The molecule has 3 nitrogen and oxygen atoms in total. The molecule has 0 bridgehead atoms. The van der Waals surface area contributed by atoms with Gasteiger partial charge < -0.3 is 4.74 Å². The summed E-state index contributed by atoms with van der Waals surface area (Å²) in [6, 6.07) is 8.01. The first-order valence-corrected chi connectivity index (χ1v) is 4.47. The maximum absolute atomic E-state index is 5.46. The van der Waals surface area contributed by atoms with Crippen molar-refractivity contribution in [3.05, 3.63) is 29.8 Å². The molecule has 0 fully saturated rings. The molecule has 72 valence electrons. The minimum Gasteiger partial charge on any atom is -0.494 e. The zero-order chi connectivity index (χ0) is 9.68. The van der Waals surface area contributed by atoms with Crippen LogP contribution < -0.4 is 16.0 Å². The van der Waals surface area contributed by atoms with Crippen molar-refractivity contribution in [1.82, 2.24) is 5.43 Å². The van der Waals surface area contributed by atoms with Crippen molar-refractivity contribution in [2.45, 2.75) is 19.9 Å². The molecule has 13 heavy (non-hydrogen) atoms. The van der Waals surface area contributed by atoms with E-state index in [0.29, 0.717) is 6.61 Å². The number of hydrogen-bond donors (Lipinski definition) is 2. The summed E-state index contributed by atoms with van der Waals surface area (Å²) >= 11 is 0. The molecule has 0 spiro atoms. The van der Waals surface area contributed by atoms with E-state index in [1.165, 1.54) is 0 Å². The fourth-order valence-electron chi connectivity index (χ4n) is 1.21. The zero-order valence-corrected chi connectivity index (χ0v) is 8.08. The van der Waals surface area contributed by atoms with Crippen LogP contribution in [0.2, 0.25) is 0 Å². The highest BCUT2D eigenvalue weighted by Gasteiger charge is 2.08. The second kappa shape index (κ2) is 4.84. The lowest BCUT2D eigenvalue weighted by molar-refractivity contribution is 0.332. The average molecular weight is 180 g/mol. The van der Waals surface area contributed by atoms with Gasteiger partial charge in [-0.05, 0) is 19.9 Å². The first-order valence-electron chi connectivity index (χ1n) is 4.47. The van der Waals surface area contributed by atoms with E-state index in [9.17, 15) is 0 Å². The Morgan fingerprint density at radius 2 is 2.15 bits per heavy atom. The molecule has 1 rings (SSSR count). The molecule has 0 radical (unpaired) electrons. The molecule has 0 saturated heterocycles. The summed E-state index contributed by atoms with van der Waals surface area (Å²) in [7, 11) is 0. The highest BCUT2D eigenvalue weighted by Crippen LogP contribution is 2.23. The summed E-state index contributed by atoms with van der Waals surface area (Å²) < 4.78 is 5.46. The molecular weight excluding hydrogens is 164 g/mol. The monoisotopic (exact) mass is 180 g/mol. The lowest BCUT2D eigenvalue weighted by atomic mass is 10.1. The minimum absolute atomic E-state index is 0.114. The van der Waals surface area contributed by atoms with Crippen molar-refractivity contribution in [2.24, 2.45) is 5.84 Å². The topological polar surface area (TPSA) is 47.3 Å². The highest BCUT2D eigenvalue weighted by atomic mass is 16.5. The first kappa shape index (κ1) is 10.0. The van der Waals surface area contributed by atoms with E-state index >= 15 is 0 Å². The van der Waals surface area contributed by atoms with Gasteiger partial charge >= 0.3 is 0 Å². The Balaban J connectivity index is 2.90. The lowest BCUT2D eigenvalue weighted by Crippen LogP contribution is -2.26. The summed E-state index contributed by atoms with van der Waals surface area (Å²) in [6.07, 6.45) is 0. The van der Waals surface area contributed by atoms with Crippen LogP contribution in [0.4, 0.5) is 0 Å². The van der Waals surface area contributed by atoms with Gasteiger partial charge in [0.25, 0.3) is 0 Å². The second-order valence-electron chi connectivity index (χ2n) is 2.86. The lowest BCUT2D eigenvalue weighted by Gasteiger charge is -2.15. The Kier molecular flexibility index (Phi) is 3.73. The Bertz CT molecular complexity index is 263. The number of nitrogens with two attached hydrogens (primary N) is 1. The van der Waals surface area contributed by atoms with E-state index in [-0.39, 0.29) is 6.04 Å². The van der Waals surface area contributed by atoms with Crippen molar-refractivity contribution in [2.75, 3.05) is 6.61 Å². The van der Waals surface area contributed by atoms with Crippen molar-refractivity contribution < 1.29 is 4.74 Å². The normalized spacial score (nSPS) is 12.5. The quantitative estimate of drug-likeness (QED) is 0.546. The Morgan fingerprint density at radius 3 is 2.77 bits per heavy atom. The van der Waals surface area contributed by atoms with Crippen LogP contribution in [-0.2, 0) is 0 Å². The molecule has 0 unspecified atom stereocenters. The molecular formula is C10H16N2O. The van der Waals surface area contributed by atoms with Crippen molar-refractivity contribution in [1.29, 1.82) is 0 Å². The van der Waals surface area contributed by atoms with Gasteiger partial charge in [0.05, 0.1) is 6.61 Å². The molecule has 3 N–H and O–H groups in total. The number of hydrazine groups is 1. The van der Waals surface area contributed by atoms with Crippen molar-refractivity contribution >= 4 is 0 Å². The Morgan fingerprint density at radius 1 is 1.46 bits per heavy atom. The van der Waals surface area contributed by atoms with Crippen molar-refractivity contribution in [3.63, 3.8) is 0 Å². The third-order valence-corrected chi connectivity index (χ3v) is 1.94. The van der Waals surface area contributed by atoms with Crippen LogP contribution in [0.3, 0.4) is 0 Å². The third-order valence-electron chi connectivity index (χ3n) is 1.94. The maximum Gasteiger partial charge on any atom is 0.124 e. The molecule has 0 heterocycles. The highest BCUT2D eigenvalue weighted by molar-refractivity contribution is 5.35. The molecule has 0 aliphatic rings. The summed E-state index contributed by atoms with van der Waals surface area (Å²) in [5.74, 6) is 6.26. The van der Waals surface area contributed by atoms with E-state index < -0.39 is 0 Å². The molecule has 0 amide bonds. The number of benzene rings is 1. The van der Waals surface area contributed by atoms with Gasteiger partial charge in [0.15, 0.2) is 0 Å². The molecule has 3 heteroatoms. The van der Waals surface area contributed by atoms with E-state index in [2.05, 4.69) is 5.43 Å². The summed E-state index contributed by atoms with van der Waals surface area (Å²) in [6.45, 7) is 4.64. The predicted octanol–water partition coefficient (Wildman–Crippen LogP) is 1.61. The maximum atomic E-state index is 5.46. The molecule has 1 aromatic rings. The summed E-state index contributed by atoms with van der Waals surface area (Å²) in [5, 5.41) is 0. The summed E-state index contributed by atoms with van der Waals surface area (Å²) in [5.41, 5.74) is 3.79. The van der Waals surface area contributed by atoms with E-state index in [1.807, 2.05) is 38.1 Å². The number of nitrogens with one attached hydrogen (secondary N) is 1. The number of para-hydroxylation sites is 1. The fraction of sp³-hybridized carbons (Fsp3) is 0.400. The second-order valence-corrected chi connectivity index (χ2v) is 2.86. The van der Waals surface area contributed by atoms with Crippen LogP contribution in [0.15, 0.2) is 24.3 Å². The van der Waals surface area contributed by atoms with Gasteiger partial charge in [-0.1, -0.05) is 18.2 Å². The van der Waals surface area contributed by atoms with Crippen LogP contribution >= 0.6 is 0 Å². The molecule has 0 aromatic heterocycles. The first-order chi connectivity index (χ1) is 6.29. The number of ether oxygens (including phenoxy) is 1. The predicted molar refractivity (Wildman–Crippen MR) is 53.3 cm³/mol. The van der Waals surface area contributed by atoms with Crippen LogP contribution in [0, 0.1) is 0 Å². The Hall–Kier alpha value is -1.06. The zero-order valence-electron chi connectivity index (χ0n) is 8.08. The van der Waals surface area contributed by atoms with Crippen LogP contribution in [0.5, 0.6) is 5.75 Å². The largest absolute Gasteiger partial charge is 0.494 e. The molecule has 0 saturated carbocycles. The van der Waals surface area contributed by atoms with Gasteiger partial charge in [0.2, 0.25) is 0 Å². The van der Waals surface area contributed by atoms with E-state index in [4.69, 9.17) is 10.6 Å². The number of rotatable bonds is 4. The SMILES string of the molecule is CCOc1ccccc1[C@H](C)NN. The van der Waals surface area contributed by atoms with E-state index in [0.717, 1.165) is 11.3 Å². The molecule has 0 aliphatic heterocycles. The third kappa shape index (κ3) is 2.44. The minimum atomic E-state index is 0.114. The number of hydrogen-bond acceptors (Lipinski definition) is 3. The molecule has 0 aliphatic carbocycles. The van der Waals surface area contributed by atoms with Gasteiger partial charge in [0.1, 0.15) is 5.75 Å². The van der Waals surface area contributed by atoms with Crippen LogP contribution in [0.1, 0.15) is 25.5 Å². The average Bonchev–Trinajstić information content (AvgIpc) is 2.18.